The molecule has 0 bridgehead atoms. The molecule has 0 aliphatic heterocycles. The van der Waals surface area contributed by atoms with Gasteiger partial charge in [0.25, 0.3) is 5.91 Å². The Morgan fingerprint density at radius 3 is 2.70 bits per heavy atom. The fourth-order valence-electron chi connectivity index (χ4n) is 3.23. The summed E-state index contributed by atoms with van der Waals surface area (Å²) in [5, 5.41) is 12.6. The first-order chi connectivity index (χ1) is 13.2. The second-order valence-electron chi connectivity index (χ2n) is 6.46. The molecular weight excluding hydrogens is 338 g/mol. The van der Waals surface area contributed by atoms with E-state index in [2.05, 4.69) is 57.3 Å². The minimum atomic E-state index is -0.203. The molecule has 0 atom stereocenters. The monoisotopic (exact) mass is 359 g/mol. The van der Waals surface area contributed by atoms with Crippen LogP contribution in [0.15, 0.2) is 66.9 Å². The second-order valence-corrected chi connectivity index (χ2v) is 6.46. The molecule has 0 spiro atoms. The molecule has 0 saturated heterocycles. The van der Waals surface area contributed by atoms with E-state index >= 15 is 0 Å². The Hall–Kier alpha value is -3.41. The van der Waals surface area contributed by atoms with E-state index in [0.29, 0.717) is 12.2 Å². The largest absolute Gasteiger partial charge is 0.351 e. The van der Waals surface area contributed by atoms with Crippen LogP contribution in [0.4, 0.5) is 0 Å². The van der Waals surface area contributed by atoms with Gasteiger partial charge in [0.05, 0.1) is 11.9 Å². The lowest BCUT2D eigenvalue weighted by molar-refractivity contribution is 0.0947. The van der Waals surface area contributed by atoms with Crippen molar-refractivity contribution in [2.45, 2.75) is 19.9 Å². The molecule has 0 radical (unpaired) electrons. The number of rotatable bonds is 6. The van der Waals surface area contributed by atoms with Crippen molar-refractivity contribution in [3.8, 4) is 5.69 Å². The Balaban J connectivity index is 1.33. The van der Waals surface area contributed by atoms with Crippen molar-refractivity contribution in [1.29, 1.82) is 0 Å². The molecule has 6 heteroatoms. The lowest BCUT2D eigenvalue weighted by Gasteiger charge is -2.08. The van der Waals surface area contributed by atoms with Crippen LogP contribution >= 0.6 is 0 Å². The van der Waals surface area contributed by atoms with Gasteiger partial charge >= 0.3 is 0 Å². The second kappa shape index (κ2) is 7.45. The SMILES string of the molecule is Cc1cc2ccccc2n1CCCNC(=O)c1cnn(-c2ccccc2)n1. The van der Waals surface area contributed by atoms with Gasteiger partial charge in [-0.05, 0) is 43.0 Å². The summed E-state index contributed by atoms with van der Waals surface area (Å²) in [5.41, 5.74) is 3.61. The number of nitrogens with one attached hydrogen (secondary N) is 1. The molecule has 2 aromatic carbocycles. The topological polar surface area (TPSA) is 64.7 Å². The quantitative estimate of drug-likeness (QED) is 0.537. The van der Waals surface area contributed by atoms with Crippen molar-refractivity contribution in [2.24, 2.45) is 0 Å². The number of benzene rings is 2. The zero-order valence-corrected chi connectivity index (χ0v) is 15.2. The zero-order chi connectivity index (χ0) is 18.6. The van der Waals surface area contributed by atoms with Crippen molar-refractivity contribution in [3.05, 3.63) is 78.2 Å². The first-order valence-electron chi connectivity index (χ1n) is 9.03. The summed E-state index contributed by atoms with van der Waals surface area (Å²) in [6, 6.07) is 20.1. The average Bonchev–Trinajstić information content (AvgIpc) is 3.31. The normalized spacial score (nSPS) is 11.0. The van der Waals surface area contributed by atoms with Gasteiger partial charge < -0.3 is 9.88 Å². The van der Waals surface area contributed by atoms with Gasteiger partial charge in [-0.25, -0.2) is 0 Å². The highest BCUT2D eigenvalue weighted by Gasteiger charge is 2.11. The van der Waals surface area contributed by atoms with Gasteiger partial charge in [-0.3, -0.25) is 4.79 Å². The molecule has 27 heavy (non-hydrogen) atoms. The fourth-order valence-corrected chi connectivity index (χ4v) is 3.23. The Bertz CT molecular complexity index is 1060. The first-order valence-corrected chi connectivity index (χ1v) is 9.03. The predicted octanol–water partition coefficient (Wildman–Crippen LogP) is 3.35. The summed E-state index contributed by atoms with van der Waals surface area (Å²) in [4.78, 5) is 13.8. The van der Waals surface area contributed by atoms with Crippen molar-refractivity contribution >= 4 is 16.8 Å². The van der Waals surface area contributed by atoms with E-state index in [4.69, 9.17) is 0 Å². The van der Waals surface area contributed by atoms with Gasteiger partial charge in [-0.1, -0.05) is 36.4 Å². The van der Waals surface area contributed by atoms with Crippen LogP contribution in [0.5, 0.6) is 0 Å². The van der Waals surface area contributed by atoms with E-state index in [9.17, 15) is 4.79 Å². The predicted molar refractivity (Wildman–Crippen MR) is 105 cm³/mol. The van der Waals surface area contributed by atoms with Gasteiger partial charge in [0.2, 0.25) is 0 Å². The van der Waals surface area contributed by atoms with Crippen LogP contribution in [-0.2, 0) is 6.54 Å². The third kappa shape index (κ3) is 3.60. The van der Waals surface area contributed by atoms with Gasteiger partial charge in [0.1, 0.15) is 0 Å². The van der Waals surface area contributed by atoms with E-state index in [1.165, 1.54) is 27.6 Å². The third-order valence-electron chi connectivity index (χ3n) is 4.57. The molecule has 0 unspecified atom stereocenters. The molecule has 4 aromatic rings. The maximum absolute atomic E-state index is 12.3. The zero-order valence-electron chi connectivity index (χ0n) is 15.2. The summed E-state index contributed by atoms with van der Waals surface area (Å²) < 4.78 is 2.28. The molecule has 4 rings (SSSR count). The number of hydrogen-bond acceptors (Lipinski definition) is 3. The van der Waals surface area contributed by atoms with Crippen LogP contribution in [0.2, 0.25) is 0 Å². The molecule has 0 saturated carbocycles. The summed E-state index contributed by atoms with van der Waals surface area (Å²) in [6.45, 7) is 3.56. The van der Waals surface area contributed by atoms with Gasteiger partial charge in [-0.15, -0.1) is 5.10 Å². The van der Waals surface area contributed by atoms with Crippen LogP contribution in [0.25, 0.3) is 16.6 Å². The minimum absolute atomic E-state index is 0.203. The Kier molecular flexibility index (Phi) is 4.70. The maximum Gasteiger partial charge on any atom is 0.273 e. The highest BCUT2D eigenvalue weighted by atomic mass is 16.2. The fraction of sp³-hybridized carbons (Fsp3) is 0.190. The van der Waals surface area contributed by atoms with Gasteiger partial charge in [-0.2, -0.15) is 9.90 Å². The van der Waals surface area contributed by atoms with Gasteiger partial charge in [0, 0.05) is 24.3 Å². The van der Waals surface area contributed by atoms with E-state index in [0.717, 1.165) is 18.7 Å². The number of carbonyl (C=O) groups is 1. The Morgan fingerprint density at radius 2 is 1.85 bits per heavy atom. The molecule has 2 heterocycles. The average molecular weight is 359 g/mol. The first kappa shape index (κ1) is 17.0. The van der Waals surface area contributed by atoms with E-state index in [1.54, 1.807) is 0 Å². The van der Waals surface area contributed by atoms with E-state index in [-0.39, 0.29) is 5.91 Å². The van der Waals surface area contributed by atoms with Crippen LogP contribution in [0.1, 0.15) is 22.6 Å². The van der Waals surface area contributed by atoms with Crippen LogP contribution in [0.3, 0.4) is 0 Å². The van der Waals surface area contributed by atoms with Crippen LogP contribution < -0.4 is 5.32 Å². The van der Waals surface area contributed by atoms with Crippen molar-refractivity contribution in [3.63, 3.8) is 0 Å². The number of carbonyl (C=O) groups excluding carboxylic acids is 1. The lowest BCUT2D eigenvalue weighted by atomic mass is 10.2. The molecule has 0 fully saturated rings. The van der Waals surface area contributed by atoms with Crippen molar-refractivity contribution < 1.29 is 4.79 Å². The highest BCUT2D eigenvalue weighted by molar-refractivity contribution is 5.91. The Labute approximate surface area is 157 Å². The smallest absolute Gasteiger partial charge is 0.273 e. The third-order valence-corrected chi connectivity index (χ3v) is 4.57. The lowest BCUT2D eigenvalue weighted by Crippen LogP contribution is -2.25. The molecular formula is C21H21N5O. The number of aromatic nitrogens is 4. The van der Waals surface area contributed by atoms with Crippen molar-refractivity contribution in [2.75, 3.05) is 6.54 Å². The molecule has 6 nitrogen and oxygen atoms in total. The summed E-state index contributed by atoms with van der Waals surface area (Å²) in [6.07, 6.45) is 2.34. The molecule has 1 amide bonds. The maximum atomic E-state index is 12.3. The van der Waals surface area contributed by atoms with E-state index < -0.39 is 0 Å². The number of amides is 1. The highest BCUT2D eigenvalue weighted by Crippen LogP contribution is 2.19. The number of fused-ring (bicyclic) bond motifs is 1. The number of nitrogens with zero attached hydrogens (tertiary/aromatic N) is 4. The van der Waals surface area contributed by atoms with E-state index in [1.807, 2.05) is 30.3 Å². The van der Waals surface area contributed by atoms with Crippen molar-refractivity contribution in [1.82, 2.24) is 24.9 Å². The summed E-state index contributed by atoms with van der Waals surface area (Å²) >= 11 is 0. The molecule has 0 aliphatic carbocycles. The van der Waals surface area contributed by atoms with Crippen LogP contribution in [0, 0.1) is 6.92 Å². The molecule has 0 aliphatic rings. The number of aryl methyl sites for hydroxylation is 2. The summed E-state index contributed by atoms with van der Waals surface area (Å²) in [5.74, 6) is -0.203. The standard InChI is InChI=1S/C21H21N5O/c1-16-14-17-8-5-6-11-20(17)25(16)13-7-12-22-21(27)19-15-23-26(24-19)18-9-3-2-4-10-18/h2-6,8-11,14-15H,7,12-13H2,1H3,(H,22,27). The molecule has 136 valence electrons. The molecule has 1 N–H and O–H groups in total. The number of hydrogen-bond donors (Lipinski definition) is 1. The van der Waals surface area contributed by atoms with Crippen LogP contribution in [-0.4, -0.2) is 32.0 Å². The number of para-hydroxylation sites is 2. The van der Waals surface area contributed by atoms with Gasteiger partial charge in [0.15, 0.2) is 5.69 Å². The summed E-state index contributed by atoms with van der Waals surface area (Å²) in [7, 11) is 0. The Morgan fingerprint density at radius 1 is 1.07 bits per heavy atom. The minimum Gasteiger partial charge on any atom is -0.351 e. The molecule has 2 aromatic heterocycles.